The Labute approximate surface area is 158 Å². The Balaban J connectivity index is 1.53. The van der Waals surface area contributed by atoms with Crippen molar-refractivity contribution in [2.24, 2.45) is 5.41 Å². The number of fused-ring (bicyclic) bond motifs is 1. The average molecular weight is 366 g/mol. The molecular formula is C19H23BN4O3. The smallest absolute Gasteiger partial charge is 0.478 e. The van der Waals surface area contributed by atoms with Gasteiger partial charge in [-0.1, -0.05) is 26.0 Å². The molecule has 5 rings (SSSR count). The van der Waals surface area contributed by atoms with Gasteiger partial charge in [-0.2, -0.15) is 5.10 Å². The highest BCUT2D eigenvalue weighted by molar-refractivity contribution is 6.64. The Hall–Kier alpha value is -2.32. The van der Waals surface area contributed by atoms with Crippen LogP contribution in [-0.4, -0.2) is 47.0 Å². The van der Waals surface area contributed by atoms with Crippen LogP contribution in [-0.2, 0) is 9.31 Å². The molecule has 0 amide bonds. The molecule has 27 heavy (non-hydrogen) atoms. The number of nitrogens with zero attached hydrogens (tertiary/aromatic N) is 4. The molecule has 0 unspecified atom stereocenters. The van der Waals surface area contributed by atoms with Gasteiger partial charge in [0.25, 0.3) is 5.88 Å². The molecule has 2 aliphatic rings. The van der Waals surface area contributed by atoms with Gasteiger partial charge in [0, 0.05) is 30.2 Å². The maximum atomic E-state index is 5.99. The highest BCUT2D eigenvalue weighted by Gasteiger charge is 2.35. The molecule has 7 nitrogen and oxygen atoms in total. The van der Waals surface area contributed by atoms with Crippen molar-refractivity contribution in [1.82, 2.24) is 19.6 Å². The predicted octanol–water partition coefficient (Wildman–Crippen LogP) is 2.33. The third-order valence-electron chi connectivity index (χ3n) is 5.13. The van der Waals surface area contributed by atoms with E-state index in [-0.39, 0.29) is 12.5 Å². The van der Waals surface area contributed by atoms with Crippen LogP contribution in [0.3, 0.4) is 0 Å². The number of hydrogen-bond acceptors (Lipinski definition) is 5. The lowest BCUT2D eigenvalue weighted by Gasteiger charge is -2.33. The topological polar surface area (TPSA) is 63.3 Å². The first-order chi connectivity index (χ1) is 13.0. The first-order valence-corrected chi connectivity index (χ1v) is 9.39. The lowest BCUT2D eigenvalue weighted by Crippen LogP contribution is -2.47. The zero-order valence-electron chi connectivity index (χ0n) is 15.9. The number of aromatic nitrogens is 4. The monoisotopic (exact) mass is 366 g/mol. The Bertz CT molecular complexity index is 982. The molecule has 3 heterocycles. The van der Waals surface area contributed by atoms with Crippen molar-refractivity contribution in [3.05, 3.63) is 30.6 Å². The van der Waals surface area contributed by atoms with Gasteiger partial charge in [0.2, 0.25) is 0 Å². The van der Waals surface area contributed by atoms with Gasteiger partial charge in [0.1, 0.15) is 5.69 Å². The van der Waals surface area contributed by atoms with Crippen molar-refractivity contribution in [1.29, 1.82) is 0 Å². The second-order valence-corrected chi connectivity index (χ2v) is 8.21. The van der Waals surface area contributed by atoms with Crippen molar-refractivity contribution in [2.45, 2.75) is 32.7 Å². The molecule has 1 aliphatic carbocycles. The largest absolute Gasteiger partial charge is 0.494 e. The summed E-state index contributed by atoms with van der Waals surface area (Å²) in [7, 11) is 1.28. The normalized spacial score (nSPS) is 19.6. The van der Waals surface area contributed by atoms with Crippen molar-refractivity contribution in [2.75, 3.05) is 20.3 Å². The number of rotatable bonds is 4. The molecule has 0 bridgehead atoms. The zero-order chi connectivity index (χ0) is 18.6. The summed E-state index contributed by atoms with van der Waals surface area (Å²) in [6, 6.07) is 6.52. The molecule has 2 fully saturated rings. The SMILES string of the molecule is COc1nn(C2CC2)cc1-n1cc2c(B3OCC(C)(C)CO3)cccc2n1. The van der Waals surface area contributed by atoms with Gasteiger partial charge in [-0.25, -0.2) is 4.68 Å². The van der Waals surface area contributed by atoms with Crippen molar-refractivity contribution < 1.29 is 14.0 Å². The zero-order valence-corrected chi connectivity index (χ0v) is 15.9. The quantitative estimate of drug-likeness (QED) is 0.664. The number of ether oxygens (including phenoxy) is 1. The Morgan fingerprint density at radius 1 is 1.15 bits per heavy atom. The lowest BCUT2D eigenvalue weighted by molar-refractivity contribution is 0.0344. The maximum Gasteiger partial charge on any atom is 0.494 e. The fourth-order valence-electron chi connectivity index (χ4n) is 3.46. The van der Waals surface area contributed by atoms with Crippen LogP contribution in [0.15, 0.2) is 30.6 Å². The van der Waals surface area contributed by atoms with Gasteiger partial charge < -0.3 is 14.0 Å². The summed E-state index contributed by atoms with van der Waals surface area (Å²) >= 11 is 0. The highest BCUT2D eigenvalue weighted by atomic mass is 16.6. The molecule has 2 aromatic heterocycles. The number of benzene rings is 1. The minimum Gasteiger partial charge on any atom is -0.478 e. The molecule has 0 spiro atoms. The molecule has 8 heteroatoms. The molecule has 0 atom stereocenters. The van der Waals surface area contributed by atoms with E-state index in [0.717, 1.165) is 22.1 Å². The van der Waals surface area contributed by atoms with Gasteiger partial charge in [-0.05, 0) is 24.4 Å². The first-order valence-electron chi connectivity index (χ1n) is 9.39. The van der Waals surface area contributed by atoms with E-state index in [1.165, 1.54) is 12.8 Å². The fourth-order valence-corrected chi connectivity index (χ4v) is 3.46. The van der Waals surface area contributed by atoms with Gasteiger partial charge in [0.15, 0.2) is 0 Å². The lowest BCUT2D eigenvalue weighted by atomic mass is 9.74. The summed E-state index contributed by atoms with van der Waals surface area (Å²) in [5.74, 6) is 0.586. The molecule has 1 saturated heterocycles. The van der Waals surface area contributed by atoms with E-state index in [4.69, 9.17) is 19.1 Å². The minimum atomic E-state index is -0.365. The molecule has 1 saturated carbocycles. The summed E-state index contributed by atoms with van der Waals surface area (Å²) in [5, 5.41) is 10.3. The third kappa shape index (κ3) is 3.02. The van der Waals surface area contributed by atoms with Gasteiger partial charge in [0.05, 0.1) is 24.9 Å². The Morgan fingerprint density at radius 3 is 2.63 bits per heavy atom. The van der Waals surface area contributed by atoms with E-state index in [9.17, 15) is 0 Å². The molecule has 1 aromatic carbocycles. The summed E-state index contributed by atoms with van der Waals surface area (Å²) < 4.78 is 21.3. The first kappa shape index (κ1) is 16.8. The van der Waals surface area contributed by atoms with E-state index in [1.54, 1.807) is 7.11 Å². The van der Waals surface area contributed by atoms with Crippen molar-refractivity contribution in [3.63, 3.8) is 0 Å². The molecule has 140 valence electrons. The van der Waals surface area contributed by atoms with Crippen LogP contribution in [0.5, 0.6) is 5.88 Å². The molecule has 3 aromatic rings. The molecule has 0 radical (unpaired) electrons. The van der Waals surface area contributed by atoms with Crippen LogP contribution in [0.4, 0.5) is 0 Å². The average Bonchev–Trinajstić information content (AvgIpc) is 3.27. The third-order valence-corrected chi connectivity index (χ3v) is 5.13. The van der Waals surface area contributed by atoms with Crippen LogP contribution < -0.4 is 10.2 Å². The van der Waals surface area contributed by atoms with Crippen LogP contribution in [0.25, 0.3) is 16.6 Å². The molecular weight excluding hydrogens is 343 g/mol. The van der Waals surface area contributed by atoms with Crippen LogP contribution in [0.2, 0.25) is 0 Å². The summed E-state index contributed by atoms with van der Waals surface area (Å²) in [5.41, 5.74) is 2.78. The van der Waals surface area contributed by atoms with E-state index in [1.807, 2.05) is 40.0 Å². The van der Waals surface area contributed by atoms with Crippen molar-refractivity contribution in [3.8, 4) is 11.6 Å². The Morgan fingerprint density at radius 2 is 1.93 bits per heavy atom. The number of methoxy groups -OCH3 is 1. The van der Waals surface area contributed by atoms with Gasteiger partial charge >= 0.3 is 7.12 Å². The second kappa shape index (κ2) is 6.10. The van der Waals surface area contributed by atoms with Crippen LogP contribution in [0, 0.1) is 5.41 Å². The fraction of sp³-hybridized carbons (Fsp3) is 0.474. The van der Waals surface area contributed by atoms with Gasteiger partial charge in [-0.3, -0.25) is 4.68 Å². The molecule has 0 N–H and O–H groups in total. The van der Waals surface area contributed by atoms with E-state index in [0.29, 0.717) is 25.1 Å². The van der Waals surface area contributed by atoms with Gasteiger partial charge in [-0.15, -0.1) is 5.10 Å². The van der Waals surface area contributed by atoms with E-state index >= 15 is 0 Å². The van der Waals surface area contributed by atoms with E-state index < -0.39 is 0 Å². The Kier molecular flexibility index (Phi) is 3.80. The van der Waals surface area contributed by atoms with Crippen LogP contribution >= 0.6 is 0 Å². The predicted molar refractivity (Wildman–Crippen MR) is 103 cm³/mol. The summed E-state index contributed by atoms with van der Waals surface area (Å²) in [6.45, 7) is 5.63. The van der Waals surface area contributed by atoms with E-state index in [2.05, 4.69) is 18.9 Å². The van der Waals surface area contributed by atoms with Crippen LogP contribution in [0.1, 0.15) is 32.7 Å². The minimum absolute atomic E-state index is 0.0410. The molecule has 1 aliphatic heterocycles. The summed E-state index contributed by atoms with van der Waals surface area (Å²) in [4.78, 5) is 0. The van der Waals surface area contributed by atoms with Crippen molar-refractivity contribution >= 4 is 23.5 Å². The second-order valence-electron chi connectivity index (χ2n) is 8.21. The highest BCUT2D eigenvalue weighted by Crippen LogP contribution is 2.36. The standard InChI is InChI=1S/C19H23BN4O3/c1-19(2)11-26-20(27-12-19)15-5-4-6-16-14(15)9-24(21-16)17-10-23(13-7-8-13)22-18(17)25-3/h4-6,9-10,13H,7-8,11-12H2,1-3H3. The summed E-state index contributed by atoms with van der Waals surface area (Å²) in [6.07, 6.45) is 6.36. The number of hydrogen-bond donors (Lipinski definition) is 0. The maximum absolute atomic E-state index is 5.99.